The van der Waals surface area contributed by atoms with Crippen molar-refractivity contribution in [1.29, 1.82) is 0 Å². The fourth-order valence-electron chi connectivity index (χ4n) is 1.66. The topological polar surface area (TPSA) is 72.5 Å². The first kappa shape index (κ1) is 13.7. The maximum Gasteiger partial charge on any atom is 0.305 e. The predicted molar refractivity (Wildman–Crippen MR) is 61.9 cm³/mol. The Morgan fingerprint density at radius 3 is 2.76 bits per heavy atom. The van der Waals surface area contributed by atoms with Crippen molar-refractivity contribution < 1.29 is 19.0 Å². The normalized spacial score (nSPS) is 12.3. The number of halogens is 2. The van der Waals surface area contributed by atoms with Gasteiger partial charge in [0.1, 0.15) is 11.6 Å². The summed E-state index contributed by atoms with van der Waals surface area (Å²) in [5.74, 6) is -1.38. The molecule has 0 aromatic heterocycles. The molecule has 0 radical (unpaired) electrons. The van der Waals surface area contributed by atoms with E-state index in [2.05, 4.69) is 0 Å². The Morgan fingerprint density at radius 1 is 1.71 bits per heavy atom. The van der Waals surface area contributed by atoms with E-state index in [4.69, 9.17) is 27.2 Å². The fraction of sp³-hybridized carbons (Fsp3) is 0.364. The van der Waals surface area contributed by atoms with Gasteiger partial charge in [0.15, 0.2) is 0 Å². The number of hydrogen-bond acceptors (Lipinski definition) is 3. The Bertz CT molecular complexity index is 451. The van der Waals surface area contributed by atoms with Gasteiger partial charge in [-0.05, 0) is 18.6 Å². The van der Waals surface area contributed by atoms with Gasteiger partial charge < -0.3 is 15.6 Å². The second-order valence-corrected chi connectivity index (χ2v) is 4.02. The molecule has 0 spiro atoms. The van der Waals surface area contributed by atoms with Gasteiger partial charge in [0, 0.05) is 11.6 Å². The van der Waals surface area contributed by atoms with E-state index in [0.29, 0.717) is 5.56 Å². The molecule has 1 rings (SSSR count). The number of ether oxygens (including phenoxy) is 1. The summed E-state index contributed by atoms with van der Waals surface area (Å²) >= 11 is 5.82. The average Bonchev–Trinajstić information content (AvgIpc) is 2.21. The van der Waals surface area contributed by atoms with E-state index in [1.807, 2.05) is 0 Å². The molecule has 3 N–H and O–H groups in total. The van der Waals surface area contributed by atoms with Crippen LogP contribution in [0.3, 0.4) is 0 Å². The van der Waals surface area contributed by atoms with E-state index < -0.39 is 17.8 Å². The molecule has 0 aliphatic carbocycles. The maximum absolute atomic E-state index is 13.5. The molecule has 1 atom stereocenters. The van der Waals surface area contributed by atoms with Gasteiger partial charge in [-0.15, -0.1) is 0 Å². The average molecular weight is 262 g/mol. The predicted octanol–water partition coefficient (Wildman–Crippen LogP) is 2.27. The van der Waals surface area contributed by atoms with E-state index in [0.717, 1.165) is 6.07 Å². The minimum Gasteiger partial charge on any atom is -0.495 e. The summed E-state index contributed by atoms with van der Waals surface area (Å²) in [6.45, 7) is 1.51. The number of rotatable bonds is 4. The van der Waals surface area contributed by atoms with Crippen molar-refractivity contribution in [2.24, 2.45) is 5.73 Å². The largest absolute Gasteiger partial charge is 0.495 e. The molecular weight excluding hydrogens is 249 g/mol. The number of benzene rings is 1. The summed E-state index contributed by atoms with van der Waals surface area (Å²) in [4.78, 5) is 10.6. The summed E-state index contributed by atoms with van der Waals surface area (Å²) in [6.07, 6.45) is -0.322. The third-order valence-corrected chi connectivity index (χ3v) is 2.73. The molecule has 1 aromatic rings. The van der Waals surface area contributed by atoms with Crippen LogP contribution < -0.4 is 10.5 Å². The summed E-state index contributed by atoms with van der Waals surface area (Å²) in [6, 6.07) is 0.253. The molecule has 1 unspecified atom stereocenters. The number of hydrogen-bond donors (Lipinski definition) is 2. The van der Waals surface area contributed by atoms with Crippen molar-refractivity contribution in [3.05, 3.63) is 28.0 Å². The summed E-state index contributed by atoms with van der Waals surface area (Å²) in [7, 11) is 1.37. The van der Waals surface area contributed by atoms with Gasteiger partial charge in [0.25, 0.3) is 0 Å². The van der Waals surface area contributed by atoms with Gasteiger partial charge in [0.05, 0.1) is 18.6 Å². The van der Waals surface area contributed by atoms with Crippen LogP contribution in [0.4, 0.5) is 4.39 Å². The highest BCUT2D eigenvalue weighted by molar-refractivity contribution is 6.32. The molecule has 0 saturated carbocycles. The van der Waals surface area contributed by atoms with Gasteiger partial charge in [-0.25, -0.2) is 4.39 Å². The van der Waals surface area contributed by atoms with Crippen molar-refractivity contribution in [1.82, 2.24) is 0 Å². The van der Waals surface area contributed by atoms with Crippen LogP contribution in [-0.2, 0) is 4.79 Å². The van der Waals surface area contributed by atoms with Crippen LogP contribution in [0.2, 0.25) is 5.02 Å². The van der Waals surface area contributed by atoms with Crippen molar-refractivity contribution >= 4 is 17.6 Å². The second kappa shape index (κ2) is 5.33. The highest BCUT2D eigenvalue weighted by Crippen LogP contribution is 2.36. The zero-order valence-electron chi connectivity index (χ0n) is 9.46. The molecular formula is C11H13ClFNO3. The smallest absolute Gasteiger partial charge is 0.305 e. The molecule has 0 aliphatic heterocycles. The van der Waals surface area contributed by atoms with Crippen LogP contribution in [0.1, 0.15) is 23.6 Å². The molecule has 0 bridgehead atoms. The lowest BCUT2D eigenvalue weighted by Gasteiger charge is -2.18. The molecule has 94 valence electrons. The van der Waals surface area contributed by atoms with Gasteiger partial charge >= 0.3 is 5.97 Å². The SMILES string of the molecule is COc1c(Cl)cc(F)c(C)c1C(N)CC(=O)O. The molecule has 17 heavy (non-hydrogen) atoms. The van der Waals surface area contributed by atoms with Crippen LogP contribution in [0.5, 0.6) is 5.75 Å². The lowest BCUT2D eigenvalue weighted by Crippen LogP contribution is -2.18. The first-order chi connectivity index (χ1) is 7.88. The molecule has 4 nitrogen and oxygen atoms in total. The van der Waals surface area contributed by atoms with Crippen molar-refractivity contribution in [3.63, 3.8) is 0 Å². The zero-order chi connectivity index (χ0) is 13.2. The quantitative estimate of drug-likeness (QED) is 0.872. The van der Waals surface area contributed by atoms with E-state index in [1.165, 1.54) is 14.0 Å². The third kappa shape index (κ3) is 2.87. The van der Waals surface area contributed by atoms with E-state index in [9.17, 15) is 9.18 Å². The number of aliphatic carboxylic acids is 1. The van der Waals surface area contributed by atoms with Gasteiger partial charge in [-0.3, -0.25) is 4.79 Å². The van der Waals surface area contributed by atoms with Crippen molar-refractivity contribution in [2.45, 2.75) is 19.4 Å². The fourth-order valence-corrected chi connectivity index (χ4v) is 1.93. The molecule has 0 amide bonds. The number of nitrogens with two attached hydrogens (primary N) is 1. The van der Waals surface area contributed by atoms with Crippen LogP contribution >= 0.6 is 11.6 Å². The number of carbonyl (C=O) groups is 1. The minimum absolute atomic E-state index is 0.0754. The first-order valence-corrected chi connectivity index (χ1v) is 5.26. The second-order valence-electron chi connectivity index (χ2n) is 3.62. The molecule has 0 heterocycles. The molecule has 6 heteroatoms. The summed E-state index contributed by atoms with van der Waals surface area (Å²) in [5.41, 5.74) is 6.27. The summed E-state index contributed by atoms with van der Waals surface area (Å²) in [5, 5.41) is 8.77. The van der Waals surface area contributed by atoms with Crippen LogP contribution in [0.15, 0.2) is 6.07 Å². The Morgan fingerprint density at radius 2 is 2.29 bits per heavy atom. The summed E-state index contributed by atoms with van der Waals surface area (Å²) < 4.78 is 18.6. The van der Waals surface area contributed by atoms with Crippen LogP contribution in [0, 0.1) is 12.7 Å². The highest BCUT2D eigenvalue weighted by Gasteiger charge is 2.22. The lowest BCUT2D eigenvalue weighted by atomic mass is 9.98. The zero-order valence-corrected chi connectivity index (χ0v) is 10.2. The van der Waals surface area contributed by atoms with Gasteiger partial charge in [-0.2, -0.15) is 0 Å². The lowest BCUT2D eigenvalue weighted by molar-refractivity contribution is -0.137. The van der Waals surface area contributed by atoms with E-state index >= 15 is 0 Å². The molecule has 0 saturated heterocycles. The first-order valence-electron chi connectivity index (χ1n) is 4.88. The number of carboxylic acids is 1. The van der Waals surface area contributed by atoms with Crippen LogP contribution in [-0.4, -0.2) is 18.2 Å². The monoisotopic (exact) mass is 261 g/mol. The Hall–Kier alpha value is -1.33. The maximum atomic E-state index is 13.5. The minimum atomic E-state index is -1.07. The van der Waals surface area contributed by atoms with E-state index in [-0.39, 0.29) is 22.8 Å². The Balaban J connectivity index is 3.33. The van der Waals surface area contributed by atoms with E-state index in [1.54, 1.807) is 0 Å². The third-order valence-electron chi connectivity index (χ3n) is 2.45. The Kier molecular flexibility index (Phi) is 4.31. The van der Waals surface area contributed by atoms with Crippen molar-refractivity contribution in [2.75, 3.05) is 7.11 Å². The highest BCUT2D eigenvalue weighted by atomic mass is 35.5. The van der Waals surface area contributed by atoms with Crippen LogP contribution in [0.25, 0.3) is 0 Å². The molecule has 0 fully saturated rings. The number of carboxylic acid groups (broad SMARTS) is 1. The standard InChI is InChI=1S/C11H13ClFNO3/c1-5-7(13)3-6(12)11(17-2)10(5)8(14)4-9(15)16/h3,8H,4,14H2,1-2H3,(H,15,16). The molecule has 0 aliphatic rings. The van der Waals surface area contributed by atoms with Crippen molar-refractivity contribution in [3.8, 4) is 5.75 Å². The van der Waals surface area contributed by atoms with Gasteiger partial charge in [-0.1, -0.05) is 11.6 Å². The van der Waals surface area contributed by atoms with Gasteiger partial charge in [0.2, 0.25) is 0 Å². The molecule has 1 aromatic carbocycles. The Labute approximate surface area is 103 Å². The number of methoxy groups -OCH3 is 1.